The Kier molecular flexibility index (Phi) is 5.39. The smallest absolute Gasteiger partial charge is 0.257 e. The van der Waals surface area contributed by atoms with Gasteiger partial charge in [0.25, 0.3) is 5.91 Å². The molecule has 0 atom stereocenters. The van der Waals surface area contributed by atoms with Crippen LogP contribution in [-0.4, -0.2) is 42.9 Å². The highest BCUT2D eigenvalue weighted by Gasteiger charge is 2.20. The van der Waals surface area contributed by atoms with Crippen LogP contribution in [0.1, 0.15) is 27.4 Å². The number of rotatable bonds is 6. The predicted molar refractivity (Wildman–Crippen MR) is 87.9 cm³/mol. The molecule has 2 rings (SSSR count). The van der Waals surface area contributed by atoms with Gasteiger partial charge in [0.15, 0.2) is 0 Å². The number of likely N-dealkylation sites (N-methyl/N-ethyl adjacent to an activating group) is 1. The summed E-state index contributed by atoms with van der Waals surface area (Å²) in [5, 5.41) is 0. The van der Waals surface area contributed by atoms with Gasteiger partial charge in [-0.2, -0.15) is 0 Å². The molecule has 2 aromatic rings. The molecule has 1 amide bonds. The van der Waals surface area contributed by atoms with Gasteiger partial charge in [-0.15, -0.1) is 0 Å². The van der Waals surface area contributed by atoms with Crippen LogP contribution in [0.4, 0.5) is 0 Å². The summed E-state index contributed by atoms with van der Waals surface area (Å²) >= 11 is 0. The molecule has 4 heteroatoms. The summed E-state index contributed by atoms with van der Waals surface area (Å²) < 4.78 is 5.50. The zero-order valence-corrected chi connectivity index (χ0v) is 13.8. The summed E-state index contributed by atoms with van der Waals surface area (Å²) in [5.74, 6) is 1.48. The van der Waals surface area contributed by atoms with Gasteiger partial charge in [-0.05, 0) is 39.6 Å². The third-order valence-electron chi connectivity index (χ3n) is 3.59. The first-order chi connectivity index (χ1) is 10.5. The Morgan fingerprint density at radius 2 is 1.77 bits per heavy atom. The van der Waals surface area contributed by atoms with Gasteiger partial charge in [-0.25, -0.2) is 0 Å². The van der Waals surface area contributed by atoms with E-state index in [1.54, 1.807) is 0 Å². The van der Waals surface area contributed by atoms with Crippen molar-refractivity contribution in [2.45, 2.75) is 20.4 Å². The zero-order chi connectivity index (χ0) is 16.1. The van der Waals surface area contributed by atoms with Crippen molar-refractivity contribution in [1.29, 1.82) is 0 Å². The molecule has 0 fully saturated rings. The number of carbonyl (C=O) groups is 1. The van der Waals surface area contributed by atoms with Crippen molar-refractivity contribution in [3.63, 3.8) is 0 Å². The van der Waals surface area contributed by atoms with Crippen molar-refractivity contribution in [2.75, 3.05) is 27.2 Å². The summed E-state index contributed by atoms with van der Waals surface area (Å²) in [6.07, 6.45) is 0. The summed E-state index contributed by atoms with van der Waals surface area (Å²) in [4.78, 5) is 16.8. The SMILES string of the molecule is Cc1cc(C(=O)N(CCN(C)C)Cc2ccccc2)c(C)o1. The third kappa shape index (κ3) is 4.21. The van der Waals surface area contributed by atoms with Gasteiger partial charge in [0.1, 0.15) is 11.5 Å². The van der Waals surface area contributed by atoms with E-state index in [9.17, 15) is 4.79 Å². The lowest BCUT2D eigenvalue weighted by molar-refractivity contribution is 0.0730. The van der Waals surface area contributed by atoms with Crippen LogP contribution in [0.5, 0.6) is 0 Å². The molecule has 0 bridgehead atoms. The van der Waals surface area contributed by atoms with Crippen LogP contribution in [0.25, 0.3) is 0 Å². The van der Waals surface area contributed by atoms with Crippen LogP contribution in [0.15, 0.2) is 40.8 Å². The second-order valence-electron chi connectivity index (χ2n) is 5.84. The van der Waals surface area contributed by atoms with Crippen LogP contribution in [-0.2, 0) is 6.54 Å². The highest BCUT2D eigenvalue weighted by atomic mass is 16.3. The van der Waals surface area contributed by atoms with E-state index in [2.05, 4.69) is 4.90 Å². The fourth-order valence-electron chi connectivity index (χ4n) is 2.39. The van der Waals surface area contributed by atoms with Gasteiger partial charge in [-0.3, -0.25) is 4.79 Å². The molecular weight excluding hydrogens is 276 g/mol. The number of hydrogen-bond donors (Lipinski definition) is 0. The first kappa shape index (κ1) is 16.3. The van der Waals surface area contributed by atoms with Crippen molar-refractivity contribution >= 4 is 5.91 Å². The van der Waals surface area contributed by atoms with E-state index >= 15 is 0 Å². The molecular formula is C18H24N2O2. The Balaban J connectivity index is 2.19. The average molecular weight is 300 g/mol. The Morgan fingerprint density at radius 3 is 2.32 bits per heavy atom. The van der Waals surface area contributed by atoms with Gasteiger partial charge in [0.2, 0.25) is 0 Å². The van der Waals surface area contributed by atoms with Gasteiger partial charge >= 0.3 is 0 Å². The molecule has 1 heterocycles. The summed E-state index contributed by atoms with van der Waals surface area (Å²) in [5.41, 5.74) is 1.79. The van der Waals surface area contributed by atoms with Gasteiger partial charge in [0, 0.05) is 19.6 Å². The highest BCUT2D eigenvalue weighted by molar-refractivity contribution is 5.95. The van der Waals surface area contributed by atoms with Gasteiger partial charge < -0.3 is 14.2 Å². The number of benzene rings is 1. The van der Waals surface area contributed by atoms with E-state index < -0.39 is 0 Å². The minimum absolute atomic E-state index is 0.0278. The maximum absolute atomic E-state index is 12.8. The van der Waals surface area contributed by atoms with E-state index in [0.29, 0.717) is 24.4 Å². The molecule has 0 aliphatic rings. The first-order valence-corrected chi connectivity index (χ1v) is 7.52. The predicted octanol–water partition coefficient (Wildman–Crippen LogP) is 3.10. The fraction of sp³-hybridized carbons (Fsp3) is 0.389. The van der Waals surface area contributed by atoms with Crippen LogP contribution in [0.2, 0.25) is 0 Å². The number of aryl methyl sites for hydroxylation is 2. The number of carbonyl (C=O) groups excluding carboxylic acids is 1. The summed E-state index contributed by atoms with van der Waals surface area (Å²) in [6, 6.07) is 11.9. The lowest BCUT2D eigenvalue weighted by Gasteiger charge is -2.24. The van der Waals surface area contributed by atoms with E-state index in [0.717, 1.165) is 17.9 Å². The highest BCUT2D eigenvalue weighted by Crippen LogP contribution is 2.17. The summed E-state index contributed by atoms with van der Waals surface area (Å²) in [7, 11) is 4.02. The molecule has 1 aromatic carbocycles. The minimum atomic E-state index is 0.0278. The number of amides is 1. The monoisotopic (exact) mass is 300 g/mol. The number of hydrogen-bond acceptors (Lipinski definition) is 3. The van der Waals surface area contributed by atoms with E-state index in [1.807, 2.05) is 69.2 Å². The molecule has 4 nitrogen and oxygen atoms in total. The number of furan rings is 1. The number of nitrogens with zero attached hydrogens (tertiary/aromatic N) is 2. The van der Waals surface area contributed by atoms with E-state index in [4.69, 9.17) is 4.42 Å². The lowest BCUT2D eigenvalue weighted by atomic mass is 10.1. The molecule has 0 saturated heterocycles. The normalized spacial score (nSPS) is 11.0. The average Bonchev–Trinajstić information content (AvgIpc) is 2.82. The molecule has 0 radical (unpaired) electrons. The second kappa shape index (κ2) is 7.27. The third-order valence-corrected chi connectivity index (χ3v) is 3.59. The van der Waals surface area contributed by atoms with Crippen LogP contribution in [0, 0.1) is 13.8 Å². The molecule has 0 unspecified atom stereocenters. The summed E-state index contributed by atoms with van der Waals surface area (Å²) in [6.45, 7) is 5.83. The Labute approximate surface area is 132 Å². The van der Waals surface area contributed by atoms with Crippen molar-refractivity contribution < 1.29 is 9.21 Å². The van der Waals surface area contributed by atoms with Crippen LogP contribution in [0.3, 0.4) is 0 Å². The largest absolute Gasteiger partial charge is 0.466 e. The first-order valence-electron chi connectivity index (χ1n) is 7.52. The second-order valence-corrected chi connectivity index (χ2v) is 5.84. The molecule has 0 aliphatic carbocycles. The Bertz CT molecular complexity index is 617. The zero-order valence-electron chi connectivity index (χ0n) is 13.8. The van der Waals surface area contributed by atoms with Crippen molar-refractivity contribution in [2.24, 2.45) is 0 Å². The molecule has 0 saturated carbocycles. The van der Waals surface area contributed by atoms with Crippen LogP contribution < -0.4 is 0 Å². The van der Waals surface area contributed by atoms with E-state index in [-0.39, 0.29) is 5.91 Å². The lowest BCUT2D eigenvalue weighted by Crippen LogP contribution is -2.36. The maximum atomic E-state index is 12.8. The molecule has 118 valence electrons. The Hall–Kier alpha value is -2.07. The van der Waals surface area contributed by atoms with Crippen molar-refractivity contribution in [1.82, 2.24) is 9.80 Å². The molecule has 0 spiro atoms. The van der Waals surface area contributed by atoms with Crippen molar-refractivity contribution in [3.05, 3.63) is 59.0 Å². The molecule has 0 aliphatic heterocycles. The van der Waals surface area contributed by atoms with Crippen LogP contribution >= 0.6 is 0 Å². The Morgan fingerprint density at radius 1 is 1.09 bits per heavy atom. The topological polar surface area (TPSA) is 36.7 Å². The molecule has 0 N–H and O–H groups in total. The molecule has 22 heavy (non-hydrogen) atoms. The van der Waals surface area contributed by atoms with Gasteiger partial charge in [0.05, 0.1) is 5.56 Å². The quantitative estimate of drug-likeness (QED) is 0.822. The van der Waals surface area contributed by atoms with Gasteiger partial charge in [-0.1, -0.05) is 30.3 Å². The standard InChI is InChI=1S/C18H24N2O2/c1-14-12-17(15(2)22-14)18(21)20(11-10-19(3)4)13-16-8-6-5-7-9-16/h5-9,12H,10-11,13H2,1-4H3. The maximum Gasteiger partial charge on any atom is 0.257 e. The fourth-order valence-corrected chi connectivity index (χ4v) is 2.39. The van der Waals surface area contributed by atoms with E-state index in [1.165, 1.54) is 0 Å². The minimum Gasteiger partial charge on any atom is -0.466 e. The molecule has 1 aromatic heterocycles. The van der Waals surface area contributed by atoms with Crippen molar-refractivity contribution in [3.8, 4) is 0 Å².